The maximum atomic E-state index is 13.8. The second-order valence-electron chi connectivity index (χ2n) is 5.97. The second-order valence-corrected chi connectivity index (χ2v) is 7.38. The Bertz CT molecular complexity index is 955. The van der Waals surface area contributed by atoms with Crippen LogP contribution in [-0.2, 0) is 0 Å². The Kier molecular flexibility index (Phi) is 4.65. The molecule has 1 aliphatic rings. The molecule has 0 bridgehead atoms. The number of anilines is 2. The molecule has 0 spiro atoms. The number of hydrogen-bond acceptors (Lipinski definition) is 4. The molecule has 8 heteroatoms. The average Bonchev–Trinajstić information content (AvgIpc) is 3.09. The van der Waals surface area contributed by atoms with Gasteiger partial charge in [0.1, 0.15) is 11.3 Å². The molecule has 0 aliphatic carbocycles. The van der Waals surface area contributed by atoms with Crippen LogP contribution in [0.2, 0.25) is 5.02 Å². The van der Waals surface area contributed by atoms with E-state index in [1.807, 2.05) is 18.2 Å². The molecule has 4 rings (SSSR count). The summed E-state index contributed by atoms with van der Waals surface area (Å²) >= 11 is 7.55. The van der Waals surface area contributed by atoms with Crippen molar-refractivity contribution < 1.29 is 9.18 Å². The molecule has 0 radical (unpaired) electrons. The van der Waals surface area contributed by atoms with Crippen LogP contribution in [0, 0.1) is 5.82 Å². The van der Waals surface area contributed by atoms with Crippen molar-refractivity contribution in [2.75, 3.05) is 36.4 Å². The molecule has 0 saturated carbocycles. The molecule has 2 amide bonds. The van der Waals surface area contributed by atoms with E-state index in [4.69, 9.17) is 11.6 Å². The normalized spacial score (nSPS) is 14.7. The third kappa shape index (κ3) is 3.32. The molecule has 5 nitrogen and oxygen atoms in total. The quantitative estimate of drug-likeness (QED) is 0.703. The summed E-state index contributed by atoms with van der Waals surface area (Å²) in [6, 6.07) is 12.0. The number of hydrogen-bond donors (Lipinski definition) is 1. The van der Waals surface area contributed by atoms with Crippen molar-refractivity contribution in [1.82, 2.24) is 9.88 Å². The number of carbonyl (C=O) groups excluding carboxylic acids is 1. The van der Waals surface area contributed by atoms with Crippen molar-refractivity contribution in [2.45, 2.75) is 0 Å². The Labute approximate surface area is 159 Å². The van der Waals surface area contributed by atoms with Crippen LogP contribution in [0.5, 0.6) is 0 Å². The second kappa shape index (κ2) is 7.09. The molecule has 2 aromatic carbocycles. The minimum atomic E-state index is -0.303. The summed E-state index contributed by atoms with van der Waals surface area (Å²) in [6.07, 6.45) is 0. The van der Waals surface area contributed by atoms with Crippen LogP contribution in [0.1, 0.15) is 0 Å². The predicted octanol–water partition coefficient (Wildman–Crippen LogP) is 4.44. The Hall–Kier alpha value is -2.38. The summed E-state index contributed by atoms with van der Waals surface area (Å²) in [7, 11) is 0. The maximum absolute atomic E-state index is 13.8. The fourth-order valence-electron chi connectivity index (χ4n) is 2.90. The smallest absolute Gasteiger partial charge is 0.322 e. The summed E-state index contributed by atoms with van der Waals surface area (Å²) in [5.41, 5.74) is 1.01. The van der Waals surface area contributed by atoms with Crippen molar-refractivity contribution in [3.8, 4) is 0 Å². The molecular weight excluding hydrogens is 375 g/mol. The third-order valence-electron chi connectivity index (χ3n) is 4.31. The van der Waals surface area contributed by atoms with E-state index < -0.39 is 0 Å². The lowest BCUT2D eigenvalue weighted by atomic mass is 10.3. The molecule has 0 unspecified atom stereocenters. The number of nitrogens with one attached hydrogen (secondary N) is 1. The van der Waals surface area contributed by atoms with Crippen LogP contribution >= 0.6 is 22.9 Å². The lowest BCUT2D eigenvalue weighted by Crippen LogP contribution is -2.50. The fourth-order valence-corrected chi connectivity index (χ4v) is 4.11. The van der Waals surface area contributed by atoms with Crippen molar-refractivity contribution in [3.63, 3.8) is 0 Å². The van der Waals surface area contributed by atoms with Gasteiger partial charge in [-0.1, -0.05) is 41.1 Å². The molecular formula is C18H16ClFN4OS. The van der Waals surface area contributed by atoms with Gasteiger partial charge in [-0.25, -0.2) is 14.2 Å². The number of rotatable bonds is 2. The summed E-state index contributed by atoms with van der Waals surface area (Å²) in [6.45, 7) is 2.43. The predicted molar refractivity (Wildman–Crippen MR) is 104 cm³/mol. The number of thiazole rings is 1. The van der Waals surface area contributed by atoms with Crippen LogP contribution < -0.4 is 10.2 Å². The van der Waals surface area contributed by atoms with Crippen LogP contribution in [0.15, 0.2) is 42.5 Å². The highest BCUT2D eigenvalue weighted by molar-refractivity contribution is 7.22. The van der Waals surface area contributed by atoms with Gasteiger partial charge in [-0.3, -0.25) is 0 Å². The largest absolute Gasteiger partial charge is 0.345 e. The summed E-state index contributed by atoms with van der Waals surface area (Å²) in [5, 5.41) is 4.14. The Balaban J connectivity index is 1.41. The van der Waals surface area contributed by atoms with Crippen molar-refractivity contribution in [2.24, 2.45) is 0 Å². The maximum Gasteiger partial charge on any atom is 0.322 e. The Morgan fingerprint density at radius 1 is 1.12 bits per heavy atom. The molecule has 2 heterocycles. The summed E-state index contributed by atoms with van der Waals surface area (Å²) in [4.78, 5) is 20.7. The summed E-state index contributed by atoms with van der Waals surface area (Å²) in [5.74, 6) is -0.303. The lowest BCUT2D eigenvalue weighted by Gasteiger charge is -2.34. The zero-order valence-electron chi connectivity index (χ0n) is 13.8. The van der Waals surface area contributed by atoms with E-state index in [1.165, 1.54) is 17.4 Å². The van der Waals surface area contributed by atoms with E-state index in [0.29, 0.717) is 42.4 Å². The minimum absolute atomic E-state index is 0.173. The van der Waals surface area contributed by atoms with Gasteiger partial charge in [-0.05, 0) is 24.3 Å². The average molecular weight is 391 g/mol. The van der Waals surface area contributed by atoms with Gasteiger partial charge in [0, 0.05) is 26.2 Å². The highest BCUT2D eigenvalue weighted by atomic mass is 35.5. The van der Waals surface area contributed by atoms with Crippen LogP contribution in [-0.4, -0.2) is 42.1 Å². The molecule has 1 aliphatic heterocycles. The molecule has 1 saturated heterocycles. The van der Waals surface area contributed by atoms with Gasteiger partial charge in [-0.15, -0.1) is 0 Å². The van der Waals surface area contributed by atoms with E-state index >= 15 is 0 Å². The van der Waals surface area contributed by atoms with Gasteiger partial charge < -0.3 is 15.1 Å². The molecule has 1 fully saturated rings. The topological polar surface area (TPSA) is 48.5 Å². The first-order chi connectivity index (χ1) is 12.6. The number of fused-ring (bicyclic) bond motifs is 1. The highest BCUT2D eigenvalue weighted by Crippen LogP contribution is 2.30. The van der Waals surface area contributed by atoms with E-state index in [2.05, 4.69) is 15.2 Å². The molecule has 26 heavy (non-hydrogen) atoms. The van der Waals surface area contributed by atoms with E-state index in [1.54, 1.807) is 23.1 Å². The molecule has 1 aromatic heterocycles. The number of halogens is 2. The fraction of sp³-hybridized carbons (Fsp3) is 0.222. The van der Waals surface area contributed by atoms with Crippen molar-refractivity contribution in [3.05, 3.63) is 53.3 Å². The molecule has 1 N–H and O–H groups in total. The number of benzene rings is 2. The molecule has 134 valence electrons. The standard InChI is InChI=1S/C18H16ClFN4OS/c19-12-4-1-2-6-14(12)21-17(25)23-8-10-24(11-9-23)18-22-16-13(20)5-3-7-15(16)26-18/h1-7H,8-11H2,(H,21,25). The first kappa shape index (κ1) is 17.1. The first-order valence-electron chi connectivity index (χ1n) is 8.22. The minimum Gasteiger partial charge on any atom is -0.345 e. The van der Waals surface area contributed by atoms with E-state index in [-0.39, 0.29) is 11.8 Å². The van der Waals surface area contributed by atoms with Crippen LogP contribution in [0.4, 0.5) is 20.0 Å². The highest BCUT2D eigenvalue weighted by Gasteiger charge is 2.24. The SMILES string of the molecule is O=C(Nc1ccccc1Cl)N1CCN(c2nc3c(F)cccc3s2)CC1. The van der Waals surface area contributed by atoms with Gasteiger partial charge in [0.15, 0.2) is 5.13 Å². The van der Waals surface area contributed by atoms with E-state index in [0.717, 1.165) is 9.83 Å². The molecule has 0 atom stereocenters. The number of carbonyl (C=O) groups is 1. The number of urea groups is 1. The lowest BCUT2D eigenvalue weighted by molar-refractivity contribution is 0.208. The van der Waals surface area contributed by atoms with E-state index in [9.17, 15) is 9.18 Å². The van der Waals surface area contributed by atoms with Gasteiger partial charge in [0.05, 0.1) is 15.4 Å². The third-order valence-corrected chi connectivity index (χ3v) is 5.72. The van der Waals surface area contributed by atoms with Crippen LogP contribution in [0.3, 0.4) is 0 Å². The zero-order valence-corrected chi connectivity index (χ0v) is 15.4. The van der Waals surface area contributed by atoms with Gasteiger partial charge in [0.25, 0.3) is 0 Å². The number of piperazine rings is 1. The Morgan fingerprint density at radius 2 is 1.88 bits per heavy atom. The van der Waals surface area contributed by atoms with Crippen molar-refractivity contribution >= 4 is 50.0 Å². The summed E-state index contributed by atoms with van der Waals surface area (Å²) < 4.78 is 14.7. The first-order valence-corrected chi connectivity index (χ1v) is 9.42. The van der Waals surface area contributed by atoms with Gasteiger partial charge in [0.2, 0.25) is 0 Å². The zero-order chi connectivity index (χ0) is 18.1. The number of para-hydroxylation sites is 2. The molecule has 3 aromatic rings. The van der Waals surface area contributed by atoms with Crippen LogP contribution in [0.25, 0.3) is 10.2 Å². The number of nitrogens with zero attached hydrogens (tertiary/aromatic N) is 3. The Morgan fingerprint density at radius 3 is 2.62 bits per heavy atom. The van der Waals surface area contributed by atoms with Gasteiger partial charge in [-0.2, -0.15) is 0 Å². The van der Waals surface area contributed by atoms with Crippen molar-refractivity contribution in [1.29, 1.82) is 0 Å². The number of amides is 2. The number of aromatic nitrogens is 1. The van der Waals surface area contributed by atoms with Gasteiger partial charge >= 0.3 is 6.03 Å². The monoisotopic (exact) mass is 390 g/mol.